The van der Waals surface area contributed by atoms with Gasteiger partial charge in [-0.3, -0.25) is 39.2 Å². The summed E-state index contributed by atoms with van der Waals surface area (Å²) in [6, 6.07) is 9.31. The maximum absolute atomic E-state index is 13.1. The molecule has 5 aromatic rings. The van der Waals surface area contributed by atoms with Crippen LogP contribution >= 0.6 is 0 Å². The number of aromatic nitrogens is 5. The van der Waals surface area contributed by atoms with E-state index in [1.54, 1.807) is 49.0 Å². The van der Waals surface area contributed by atoms with Crippen LogP contribution in [0.25, 0.3) is 21.9 Å². The Hall–Kier alpha value is -6.46. The number of pyridine rings is 2. The number of imide groups is 2. The third-order valence-corrected chi connectivity index (χ3v) is 10.0. The van der Waals surface area contributed by atoms with Crippen molar-refractivity contribution < 1.29 is 38.1 Å². The SMILES string of the molecule is COc1cc(-c2cn(C)c(=O)c3cnccc23)cc(OC)c1CN(C)CCc1cn(CCOCCOc2ccc3c(c2)C(=O)N(C2CCC(=O)NC2=O)C3=O)nn1. The third kappa shape index (κ3) is 8.10. The molecule has 4 amide bonds. The van der Waals surface area contributed by atoms with Gasteiger partial charge in [0.15, 0.2) is 0 Å². The maximum atomic E-state index is 13.1. The molecule has 1 N–H and O–H groups in total. The van der Waals surface area contributed by atoms with Crippen molar-refractivity contribution in [2.24, 2.45) is 7.05 Å². The average Bonchev–Trinajstić information content (AvgIpc) is 3.77. The van der Waals surface area contributed by atoms with Gasteiger partial charge in [0.25, 0.3) is 17.4 Å². The van der Waals surface area contributed by atoms with Gasteiger partial charge in [-0.25, -0.2) is 4.68 Å². The molecular weight excluding hydrogens is 736 g/mol. The fourth-order valence-electron chi connectivity index (χ4n) is 7.07. The van der Waals surface area contributed by atoms with Crippen LogP contribution in [0.4, 0.5) is 0 Å². The number of methoxy groups -OCH3 is 2. The summed E-state index contributed by atoms with van der Waals surface area (Å²) in [7, 11) is 6.99. The number of carbonyl (C=O) groups excluding carboxylic acids is 4. The van der Waals surface area contributed by atoms with Crippen molar-refractivity contribution in [3.63, 3.8) is 0 Å². The summed E-state index contributed by atoms with van der Waals surface area (Å²) in [4.78, 5) is 69.7. The van der Waals surface area contributed by atoms with E-state index in [0.717, 1.165) is 32.7 Å². The van der Waals surface area contributed by atoms with E-state index in [9.17, 15) is 24.0 Å². The summed E-state index contributed by atoms with van der Waals surface area (Å²) in [5.41, 5.74) is 3.66. The number of nitrogens with one attached hydrogen (secondary N) is 1. The molecule has 17 heteroatoms. The van der Waals surface area contributed by atoms with Crippen molar-refractivity contribution in [2.75, 3.05) is 47.6 Å². The minimum Gasteiger partial charge on any atom is -0.496 e. The van der Waals surface area contributed by atoms with Gasteiger partial charge in [-0.05, 0) is 60.8 Å². The van der Waals surface area contributed by atoms with E-state index < -0.39 is 29.7 Å². The van der Waals surface area contributed by atoms with Crippen LogP contribution in [0.3, 0.4) is 0 Å². The molecule has 5 heterocycles. The summed E-state index contributed by atoms with van der Waals surface area (Å²) >= 11 is 0. The molecule has 2 aromatic carbocycles. The number of aryl methyl sites for hydroxylation is 1. The van der Waals surface area contributed by atoms with Crippen LogP contribution in [-0.4, -0.2) is 112 Å². The number of benzene rings is 2. The molecule has 7 rings (SSSR count). The van der Waals surface area contributed by atoms with Crippen LogP contribution < -0.4 is 25.1 Å². The van der Waals surface area contributed by atoms with Gasteiger partial charge in [-0.1, -0.05) is 5.21 Å². The van der Waals surface area contributed by atoms with Crippen LogP contribution in [0.15, 0.2) is 66.0 Å². The second-order valence-corrected chi connectivity index (χ2v) is 13.8. The van der Waals surface area contributed by atoms with Gasteiger partial charge in [0.05, 0.1) is 61.7 Å². The van der Waals surface area contributed by atoms with Gasteiger partial charge in [-0.15, -0.1) is 5.10 Å². The Morgan fingerprint density at radius 2 is 1.67 bits per heavy atom. The molecule has 0 saturated carbocycles. The molecule has 2 aliphatic rings. The number of ether oxygens (including phenoxy) is 4. The number of hydrogen-bond acceptors (Lipinski definition) is 13. The van der Waals surface area contributed by atoms with Crippen molar-refractivity contribution in [1.82, 2.24) is 39.7 Å². The first-order chi connectivity index (χ1) is 27.6. The smallest absolute Gasteiger partial charge is 0.262 e. The molecule has 3 aromatic heterocycles. The molecule has 1 atom stereocenters. The predicted molar refractivity (Wildman–Crippen MR) is 205 cm³/mol. The van der Waals surface area contributed by atoms with Crippen LogP contribution in [0.5, 0.6) is 17.2 Å². The molecule has 0 aliphatic carbocycles. The van der Waals surface area contributed by atoms with Gasteiger partial charge < -0.3 is 28.4 Å². The number of fused-ring (bicyclic) bond motifs is 2. The van der Waals surface area contributed by atoms with Gasteiger partial charge >= 0.3 is 0 Å². The van der Waals surface area contributed by atoms with Crippen LogP contribution in [0.1, 0.15) is 44.8 Å². The highest BCUT2D eigenvalue weighted by Crippen LogP contribution is 2.38. The number of amides is 4. The van der Waals surface area contributed by atoms with Crippen molar-refractivity contribution in [2.45, 2.75) is 38.4 Å². The van der Waals surface area contributed by atoms with E-state index in [1.807, 2.05) is 37.6 Å². The van der Waals surface area contributed by atoms with E-state index in [4.69, 9.17) is 18.9 Å². The zero-order valence-corrected chi connectivity index (χ0v) is 32.0. The fraction of sp³-hybridized carbons (Fsp3) is 0.350. The molecule has 1 unspecified atom stereocenters. The lowest BCUT2D eigenvalue weighted by atomic mass is 9.99. The number of nitrogens with zero attached hydrogens (tertiary/aromatic N) is 7. The summed E-state index contributed by atoms with van der Waals surface area (Å²) in [6.45, 7) is 2.56. The lowest BCUT2D eigenvalue weighted by Gasteiger charge is -2.27. The van der Waals surface area contributed by atoms with E-state index in [1.165, 1.54) is 12.1 Å². The first-order valence-electron chi connectivity index (χ1n) is 18.4. The van der Waals surface area contributed by atoms with Gasteiger partial charge in [-0.2, -0.15) is 0 Å². The maximum Gasteiger partial charge on any atom is 0.262 e. The first kappa shape index (κ1) is 38.8. The Morgan fingerprint density at radius 1 is 0.895 bits per heavy atom. The Bertz CT molecular complexity index is 2400. The molecule has 0 radical (unpaired) electrons. The summed E-state index contributed by atoms with van der Waals surface area (Å²) in [5.74, 6) is -0.529. The summed E-state index contributed by atoms with van der Waals surface area (Å²) < 4.78 is 26.4. The molecule has 296 valence electrons. The second-order valence-electron chi connectivity index (χ2n) is 13.8. The number of piperidine rings is 1. The lowest BCUT2D eigenvalue weighted by Crippen LogP contribution is -2.54. The third-order valence-electron chi connectivity index (χ3n) is 10.0. The second kappa shape index (κ2) is 16.7. The monoisotopic (exact) mass is 778 g/mol. The van der Waals surface area contributed by atoms with Crippen LogP contribution in [-0.2, 0) is 40.9 Å². The quantitative estimate of drug-likeness (QED) is 0.114. The molecule has 1 fully saturated rings. The predicted octanol–water partition coefficient (Wildman–Crippen LogP) is 2.38. The minimum atomic E-state index is -1.03. The Morgan fingerprint density at radius 3 is 2.42 bits per heavy atom. The lowest BCUT2D eigenvalue weighted by molar-refractivity contribution is -0.136. The highest BCUT2D eigenvalue weighted by molar-refractivity contribution is 6.23. The molecule has 17 nitrogen and oxygen atoms in total. The number of rotatable bonds is 16. The highest BCUT2D eigenvalue weighted by Gasteiger charge is 2.44. The molecule has 2 aliphatic heterocycles. The largest absolute Gasteiger partial charge is 0.496 e. The Balaban J connectivity index is 0.869. The topological polar surface area (TPSA) is 189 Å². The average molecular weight is 779 g/mol. The van der Waals surface area contributed by atoms with Crippen molar-refractivity contribution in [3.8, 4) is 28.4 Å². The van der Waals surface area contributed by atoms with E-state index in [-0.39, 0.29) is 42.7 Å². The molecule has 57 heavy (non-hydrogen) atoms. The highest BCUT2D eigenvalue weighted by atomic mass is 16.5. The number of hydrogen-bond donors (Lipinski definition) is 1. The molecule has 0 spiro atoms. The Kier molecular flexibility index (Phi) is 11.4. The zero-order valence-electron chi connectivity index (χ0n) is 32.0. The van der Waals surface area contributed by atoms with E-state index in [2.05, 4.69) is 25.5 Å². The zero-order chi connectivity index (χ0) is 40.2. The minimum absolute atomic E-state index is 0.0533. The van der Waals surface area contributed by atoms with Crippen molar-refractivity contribution in [3.05, 3.63) is 93.9 Å². The van der Waals surface area contributed by atoms with Crippen LogP contribution in [0.2, 0.25) is 0 Å². The van der Waals surface area contributed by atoms with Crippen molar-refractivity contribution in [1.29, 1.82) is 0 Å². The van der Waals surface area contributed by atoms with Gasteiger partial charge in [0.1, 0.15) is 29.9 Å². The van der Waals surface area contributed by atoms with E-state index >= 15 is 0 Å². The normalized spacial score (nSPS) is 15.4. The Labute approximate surface area is 327 Å². The van der Waals surface area contributed by atoms with Gasteiger partial charge in [0, 0.05) is 63.3 Å². The molecule has 1 saturated heterocycles. The van der Waals surface area contributed by atoms with Crippen LogP contribution in [0, 0.1) is 0 Å². The first-order valence-corrected chi connectivity index (χ1v) is 18.4. The van der Waals surface area contributed by atoms with Crippen molar-refractivity contribution >= 4 is 34.4 Å². The number of carbonyl (C=O) groups is 4. The summed E-state index contributed by atoms with van der Waals surface area (Å²) in [5, 5.41) is 12.1. The molecule has 0 bridgehead atoms. The van der Waals surface area contributed by atoms with E-state index in [0.29, 0.717) is 55.3 Å². The summed E-state index contributed by atoms with van der Waals surface area (Å²) in [6.07, 6.45) is 7.76. The fourth-order valence-corrected chi connectivity index (χ4v) is 7.07. The number of likely N-dealkylation sites (N-methyl/N-ethyl adjacent to an activating group) is 1. The standard InChI is InChI=1S/C40H42N8O9/c1-45(22-32-34(54-3)17-24(18-35(32)55-4)31-23-46(2)38(51)30-20-41-11-9-27(30)31)12-10-25-21-47(44-43-25)13-14-56-15-16-57-26-5-6-28-29(19-26)40(53)48(39(28)52)33-7-8-36(49)42-37(33)50/h5-6,9,11,17-21,23,33H,7-8,10,12-16,22H2,1-4H3,(H,42,49,50). The van der Waals surface area contributed by atoms with Gasteiger partial charge in [0.2, 0.25) is 11.8 Å². The molecular formula is C40H42N8O9.